The lowest BCUT2D eigenvalue weighted by molar-refractivity contribution is 0.601. The summed E-state index contributed by atoms with van der Waals surface area (Å²) in [5.74, 6) is 0.423. The van der Waals surface area contributed by atoms with Gasteiger partial charge in [0.2, 0.25) is 0 Å². The molecule has 0 radical (unpaired) electrons. The number of hydrogen-bond donors (Lipinski definition) is 1. The van der Waals surface area contributed by atoms with Gasteiger partial charge in [-0.25, -0.2) is 8.42 Å². The van der Waals surface area contributed by atoms with Gasteiger partial charge in [0, 0.05) is 10.2 Å². The molecule has 0 saturated heterocycles. The zero-order chi connectivity index (χ0) is 14.8. The van der Waals surface area contributed by atoms with Gasteiger partial charge in [-0.1, -0.05) is 41.9 Å². The first-order valence-electron chi connectivity index (χ1n) is 6.27. The highest BCUT2D eigenvalue weighted by atomic mass is 79.9. The van der Waals surface area contributed by atoms with E-state index in [2.05, 4.69) is 34.5 Å². The molecule has 3 nitrogen and oxygen atoms in total. The van der Waals surface area contributed by atoms with Crippen molar-refractivity contribution in [1.82, 2.24) is 0 Å². The largest absolute Gasteiger partial charge is 0.280 e. The third-order valence-electron chi connectivity index (χ3n) is 2.95. The maximum absolute atomic E-state index is 12.2. The third kappa shape index (κ3) is 3.61. The van der Waals surface area contributed by atoms with Crippen LogP contribution in [0.15, 0.2) is 57.9 Å². The van der Waals surface area contributed by atoms with Crippen LogP contribution < -0.4 is 4.72 Å². The molecule has 0 aliphatic heterocycles. The Kier molecular flexibility index (Phi) is 4.50. The molecule has 20 heavy (non-hydrogen) atoms. The highest BCUT2D eigenvalue weighted by molar-refractivity contribution is 9.10. The number of anilines is 1. The van der Waals surface area contributed by atoms with Crippen LogP contribution in [0.3, 0.4) is 0 Å². The molecule has 0 aromatic heterocycles. The summed E-state index contributed by atoms with van der Waals surface area (Å²) in [4.78, 5) is 0.244. The molecule has 0 amide bonds. The zero-order valence-electron chi connectivity index (χ0n) is 11.3. The average Bonchev–Trinajstić information content (AvgIpc) is 2.39. The highest BCUT2D eigenvalue weighted by Crippen LogP contribution is 2.21. The van der Waals surface area contributed by atoms with E-state index in [0.29, 0.717) is 11.6 Å². The summed E-state index contributed by atoms with van der Waals surface area (Å²) in [7, 11) is -3.53. The SMILES string of the molecule is CC(C)c1ccc(NS(=O)(=O)c2ccc(Br)cc2)cc1. The fraction of sp³-hybridized carbons (Fsp3) is 0.200. The molecule has 106 valence electrons. The Morgan fingerprint density at radius 2 is 1.50 bits per heavy atom. The Labute approximate surface area is 128 Å². The molecule has 2 rings (SSSR count). The fourth-order valence-electron chi connectivity index (χ4n) is 1.76. The molecule has 0 saturated carbocycles. The van der Waals surface area contributed by atoms with Gasteiger partial charge in [0.1, 0.15) is 0 Å². The van der Waals surface area contributed by atoms with E-state index in [9.17, 15) is 8.42 Å². The molecule has 0 atom stereocenters. The van der Waals surface area contributed by atoms with Crippen molar-refractivity contribution in [1.29, 1.82) is 0 Å². The molecule has 0 aliphatic carbocycles. The fourth-order valence-corrected chi connectivity index (χ4v) is 3.09. The molecule has 0 aliphatic rings. The summed E-state index contributed by atoms with van der Waals surface area (Å²) in [5, 5.41) is 0. The predicted molar refractivity (Wildman–Crippen MR) is 85.5 cm³/mol. The van der Waals surface area contributed by atoms with Crippen molar-refractivity contribution in [3.05, 3.63) is 58.6 Å². The van der Waals surface area contributed by atoms with Gasteiger partial charge in [-0.2, -0.15) is 0 Å². The van der Waals surface area contributed by atoms with Crippen molar-refractivity contribution >= 4 is 31.6 Å². The normalized spacial score (nSPS) is 11.6. The lowest BCUT2D eigenvalue weighted by atomic mass is 10.0. The highest BCUT2D eigenvalue weighted by Gasteiger charge is 2.13. The second-order valence-electron chi connectivity index (χ2n) is 4.84. The number of halogens is 1. The van der Waals surface area contributed by atoms with Crippen LogP contribution >= 0.6 is 15.9 Å². The van der Waals surface area contributed by atoms with E-state index in [4.69, 9.17) is 0 Å². The van der Waals surface area contributed by atoms with E-state index in [1.165, 1.54) is 5.56 Å². The van der Waals surface area contributed by atoms with Crippen molar-refractivity contribution in [2.24, 2.45) is 0 Å². The number of nitrogens with one attached hydrogen (secondary N) is 1. The second-order valence-corrected chi connectivity index (χ2v) is 7.43. The lowest BCUT2D eigenvalue weighted by Crippen LogP contribution is -2.12. The van der Waals surface area contributed by atoms with E-state index in [-0.39, 0.29) is 4.90 Å². The molecule has 0 bridgehead atoms. The van der Waals surface area contributed by atoms with Crippen LogP contribution in [0, 0.1) is 0 Å². The standard InChI is InChI=1S/C15H16BrNO2S/c1-11(2)12-3-7-14(8-4-12)17-20(18,19)15-9-5-13(16)6-10-15/h3-11,17H,1-2H3. The van der Waals surface area contributed by atoms with Crippen LogP contribution in [-0.2, 0) is 10.0 Å². The van der Waals surface area contributed by atoms with E-state index in [1.807, 2.05) is 12.1 Å². The number of rotatable bonds is 4. The monoisotopic (exact) mass is 353 g/mol. The van der Waals surface area contributed by atoms with E-state index in [1.54, 1.807) is 36.4 Å². The van der Waals surface area contributed by atoms with Gasteiger partial charge in [-0.3, -0.25) is 4.72 Å². The Morgan fingerprint density at radius 3 is 2.00 bits per heavy atom. The Bertz CT molecular complexity index is 677. The molecule has 0 fully saturated rings. The minimum absolute atomic E-state index is 0.244. The Balaban J connectivity index is 2.22. The van der Waals surface area contributed by atoms with Crippen molar-refractivity contribution in [3.63, 3.8) is 0 Å². The van der Waals surface area contributed by atoms with Gasteiger partial charge >= 0.3 is 0 Å². The summed E-state index contributed by atoms with van der Waals surface area (Å²) in [6, 6.07) is 14.0. The second kappa shape index (κ2) is 5.97. The maximum atomic E-state index is 12.2. The zero-order valence-corrected chi connectivity index (χ0v) is 13.7. The quantitative estimate of drug-likeness (QED) is 0.886. The van der Waals surface area contributed by atoms with E-state index >= 15 is 0 Å². The molecule has 5 heteroatoms. The summed E-state index contributed by atoms with van der Waals surface area (Å²) >= 11 is 3.29. The van der Waals surface area contributed by atoms with Crippen LogP contribution in [-0.4, -0.2) is 8.42 Å². The van der Waals surface area contributed by atoms with Crippen LogP contribution in [0.25, 0.3) is 0 Å². The number of hydrogen-bond acceptors (Lipinski definition) is 2. The lowest BCUT2D eigenvalue weighted by Gasteiger charge is -2.10. The smallest absolute Gasteiger partial charge is 0.261 e. The topological polar surface area (TPSA) is 46.2 Å². The van der Waals surface area contributed by atoms with Crippen LogP contribution in [0.5, 0.6) is 0 Å². The first kappa shape index (κ1) is 15.1. The first-order chi connectivity index (χ1) is 9.38. The Hall–Kier alpha value is -1.33. The van der Waals surface area contributed by atoms with E-state index < -0.39 is 10.0 Å². The third-order valence-corrected chi connectivity index (χ3v) is 4.88. The predicted octanol–water partition coefficient (Wildman–Crippen LogP) is 4.37. The van der Waals surface area contributed by atoms with Crippen molar-refractivity contribution in [3.8, 4) is 0 Å². The van der Waals surface area contributed by atoms with Gasteiger partial charge in [0.15, 0.2) is 0 Å². The molecule has 2 aromatic rings. The van der Waals surface area contributed by atoms with Gasteiger partial charge in [-0.05, 0) is 47.9 Å². The van der Waals surface area contributed by atoms with Crippen LogP contribution in [0.4, 0.5) is 5.69 Å². The molecular weight excluding hydrogens is 338 g/mol. The number of sulfonamides is 1. The van der Waals surface area contributed by atoms with Gasteiger partial charge in [0.25, 0.3) is 10.0 Å². The minimum Gasteiger partial charge on any atom is -0.280 e. The molecule has 0 spiro atoms. The molecular formula is C15H16BrNO2S. The van der Waals surface area contributed by atoms with Crippen LogP contribution in [0.2, 0.25) is 0 Å². The average molecular weight is 354 g/mol. The molecule has 0 unspecified atom stereocenters. The van der Waals surface area contributed by atoms with Gasteiger partial charge in [0.05, 0.1) is 4.90 Å². The van der Waals surface area contributed by atoms with Crippen molar-refractivity contribution in [2.75, 3.05) is 4.72 Å². The van der Waals surface area contributed by atoms with Crippen molar-refractivity contribution in [2.45, 2.75) is 24.7 Å². The molecule has 0 heterocycles. The molecule has 2 aromatic carbocycles. The Morgan fingerprint density at radius 1 is 0.950 bits per heavy atom. The van der Waals surface area contributed by atoms with Gasteiger partial charge < -0.3 is 0 Å². The van der Waals surface area contributed by atoms with Crippen LogP contribution in [0.1, 0.15) is 25.3 Å². The minimum atomic E-state index is -3.53. The van der Waals surface area contributed by atoms with Crippen molar-refractivity contribution < 1.29 is 8.42 Å². The number of benzene rings is 2. The first-order valence-corrected chi connectivity index (χ1v) is 8.54. The summed E-state index contributed by atoms with van der Waals surface area (Å²) < 4.78 is 27.8. The molecule has 1 N–H and O–H groups in total. The summed E-state index contributed by atoms with van der Waals surface area (Å²) in [6.45, 7) is 4.20. The summed E-state index contributed by atoms with van der Waals surface area (Å²) in [5.41, 5.74) is 1.74. The van der Waals surface area contributed by atoms with E-state index in [0.717, 1.165) is 4.47 Å². The maximum Gasteiger partial charge on any atom is 0.261 e. The van der Waals surface area contributed by atoms with Gasteiger partial charge in [-0.15, -0.1) is 0 Å². The summed E-state index contributed by atoms with van der Waals surface area (Å²) in [6.07, 6.45) is 0.